The van der Waals surface area contributed by atoms with E-state index >= 15 is 0 Å². The van der Waals surface area contributed by atoms with Crippen molar-refractivity contribution in [2.24, 2.45) is 5.73 Å². The molecule has 0 saturated heterocycles. The van der Waals surface area contributed by atoms with Crippen molar-refractivity contribution >= 4 is 0 Å². The minimum Gasteiger partial charge on any atom is -0.323 e. The Morgan fingerprint density at radius 3 is 2.15 bits per heavy atom. The van der Waals surface area contributed by atoms with Gasteiger partial charge in [0.15, 0.2) is 0 Å². The lowest BCUT2D eigenvalue weighted by atomic mass is 9.93. The van der Waals surface area contributed by atoms with Crippen LogP contribution >= 0.6 is 0 Å². The first kappa shape index (κ1) is 10.1. The number of hydrogen-bond acceptors (Lipinski definition) is 3. The Morgan fingerprint density at radius 1 is 1.23 bits per heavy atom. The predicted octanol–water partition coefficient (Wildman–Crippen LogP) is 1.79. The Morgan fingerprint density at radius 2 is 1.85 bits per heavy atom. The summed E-state index contributed by atoms with van der Waals surface area (Å²) < 4.78 is 0. The normalized spacial score (nSPS) is 14.2. The summed E-state index contributed by atoms with van der Waals surface area (Å²) in [6, 6.07) is -0.0403. The van der Waals surface area contributed by atoms with Gasteiger partial charge < -0.3 is 5.73 Å². The van der Waals surface area contributed by atoms with E-state index in [0.29, 0.717) is 0 Å². The smallest absolute Gasteiger partial charge is 0.0751 e. The topological polar surface area (TPSA) is 51.8 Å². The maximum absolute atomic E-state index is 5.67. The van der Waals surface area contributed by atoms with Gasteiger partial charge in [-0.05, 0) is 6.92 Å². The molecule has 13 heavy (non-hydrogen) atoms. The summed E-state index contributed by atoms with van der Waals surface area (Å²) in [6.07, 6.45) is 3.56. The average Bonchev–Trinajstić information content (AvgIpc) is 2.03. The van der Waals surface area contributed by atoms with E-state index in [1.54, 1.807) is 12.4 Å². The lowest BCUT2D eigenvalue weighted by Crippen LogP contribution is -2.15. The quantitative estimate of drug-likeness (QED) is 0.715. The number of nitrogens with two attached hydrogens (primary N) is 1. The maximum atomic E-state index is 5.67. The zero-order chi connectivity index (χ0) is 10.1. The average molecular weight is 179 g/mol. The van der Waals surface area contributed by atoms with Crippen molar-refractivity contribution in [2.75, 3.05) is 0 Å². The van der Waals surface area contributed by atoms with Crippen molar-refractivity contribution in [3.05, 3.63) is 23.8 Å². The molecule has 2 N–H and O–H groups in total. The third-order valence-corrected chi connectivity index (χ3v) is 1.91. The minimum absolute atomic E-state index is 0.0403. The number of aromatic nitrogens is 2. The summed E-state index contributed by atoms with van der Waals surface area (Å²) in [5.41, 5.74) is 7.57. The van der Waals surface area contributed by atoms with Gasteiger partial charge in [-0.1, -0.05) is 20.8 Å². The van der Waals surface area contributed by atoms with Crippen LogP contribution in [0, 0.1) is 0 Å². The van der Waals surface area contributed by atoms with Gasteiger partial charge in [-0.3, -0.25) is 9.97 Å². The Bertz CT molecular complexity index is 269. The van der Waals surface area contributed by atoms with Crippen LogP contribution in [0.1, 0.15) is 45.1 Å². The van der Waals surface area contributed by atoms with E-state index in [0.717, 1.165) is 11.4 Å². The van der Waals surface area contributed by atoms with Crippen LogP contribution in [0.5, 0.6) is 0 Å². The van der Waals surface area contributed by atoms with Gasteiger partial charge in [0, 0.05) is 17.7 Å². The zero-order valence-corrected chi connectivity index (χ0v) is 8.70. The summed E-state index contributed by atoms with van der Waals surface area (Å²) in [4.78, 5) is 8.59. The molecule has 0 bridgehead atoms. The first-order chi connectivity index (χ1) is 5.91. The third kappa shape index (κ3) is 2.49. The van der Waals surface area contributed by atoms with Gasteiger partial charge in [0.2, 0.25) is 0 Å². The Hall–Kier alpha value is -0.960. The summed E-state index contributed by atoms with van der Waals surface area (Å²) in [6.45, 7) is 8.24. The molecule has 1 unspecified atom stereocenters. The Balaban J connectivity index is 2.94. The maximum Gasteiger partial charge on any atom is 0.0751 e. The highest BCUT2D eigenvalue weighted by molar-refractivity contribution is 5.12. The number of nitrogens with zero attached hydrogens (tertiary/aromatic N) is 2. The highest BCUT2D eigenvalue weighted by atomic mass is 14.8. The minimum atomic E-state index is -0.0403. The van der Waals surface area contributed by atoms with Crippen molar-refractivity contribution in [1.82, 2.24) is 9.97 Å². The molecule has 3 nitrogen and oxygen atoms in total. The van der Waals surface area contributed by atoms with E-state index in [4.69, 9.17) is 5.73 Å². The van der Waals surface area contributed by atoms with Crippen LogP contribution in [-0.2, 0) is 5.41 Å². The fourth-order valence-corrected chi connectivity index (χ4v) is 0.960. The van der Waals surface area contributed by atoms with Crippen molar-refractivity contribution in [2.45, 2.75) is 39.2 Å². The monoisotopic (exact) mass is 179 g/mol. The Kier molecular flexibility index (Phi) is 2.66. The van der Waals surface area contributed by atoms with E-state index in [2.05, 4.69) is 30.7 Å². The summed E-state index contributed by atoms with van der Waals surface area (Å²) in [7, 11) is 0. The molecule has 0 spiro atoms. The van der Waals surface area contributed by atoms with Gasteiger partial charge >= 0.3 is 0 Å². The van der Waals surface area contributed by atoms with Gasteiger partial charge in [-0.25, -0.2) is 0 Å². The Labute approximate surface area is 79.4 Å². The second-order valence-corrected chi connectivity index (χ2v) is 4.37. The van der Waals surface area contributed by atoms with E-state index in [1.165, 1.54) is 0 Å². The number of rotatable bonds is 1. The fourth-order valence-electron chi connectivity index (χ4n) is 0.960. The molecule has 1 aromatic heterocycles. The van der Waals surface area contributed by atoms with Gasteiger partial charge in [-0.15, -0.1) is 0 Å². The molecule has 0 radical (unpaired) electrons. The molecule has 0 aliphatic rings. The zero-order valence-electron chi connectivity index (χ0n) is 8.70. The fraction of sp³-hybridized carbons (Fsp3) is 0.600. The van der Waals surface area contributed by atoms with E-state index in [-0.39, 0.29) is 11.5 Å². The molecular formula is C10H17N3. The van der Waals surface area contributed by atoms with Gasteiger partial charge in [-0.2, -0.15) is 0 Å². The summed E-state index contributed by atoms with van der Waals surface area (Å²) >= 11 is 0. The van der Waals surface area contributed by atoms with E-state index in [9.17, 15) is 0 Å². The third-order valence-electron chi connectivity index (χ3n) is 1.91. The van der Waals surface area contributed by atoms with Gasteiger partial charge in [0.1, 0.15) is 0 Å². The van der Waals surface area contributed by atoms with Gasteiger partial charge in [0.25, 0.3) is 0 Å². The molecule has 1 atom stereocenters. The second kappa shape index (κ2) is 3.42. The van der Waals surface area contributed by atoms with Crippen LogP contribution in [0.2, 0.25) is 0 Å². The summed E-state index contributed by atoms with van der Waals surface area (Å²) in [5, 5.41) is 0. The van der Waals surface area contributed by atoms with Crippen LogP contribution in [0.15, 0.2) is 12.4 Å². The SMILES string of the molecule is CC(N)c1cnc(C(C)(C)C)cn1. The highest BCUT2D eigenvalue weighted by Gasteiger charge is 2.15. The van der Waals surface area contributed by atoms with Crippen LogP contribution in [0.4, 0.5) is 0 Å². The first-order valence-electron chi connectivity index (χ1n) is 4.49. The molecule has 0 fully saturated rings. The van der Waals surface area contributed by atoms with Crippen LogP contribution in [-0.4, -0.2) is 9.97 Å². The van der Waals surface area contributed by atoms with Crippen molar-refractivity contribution in [3.63, 3.8) is 0 Å². The van der Waals surface area contributed by atoms with Gasteiger partial charge in [0.05, 0.1) is 17.6 Å². The molecular weight excluding hydrogens is 162 g/mol. The predicted molar refractivity (Wildman–Crippen MR) is 53.3 cm³/mol. The van der Waals surface area contributed by atoms with E-state index < -0.39 is 0 Å². The van der Waals surface area contributed by atoms with Crippen molar-refractivity contribution < 1.29 is 0 Å². The molecule has 0 aromatic carbocycles. The molecule has 1 heterocycles. The molecule has 0 aliphatic heterocycles. The molecule has 0 aliphatic carbocycles. The molecule has 3 heteroatoms. The standard InChI is InChI=1S/C10H17N3/c1-7(11)8-5-13-9(6-12-8)10(2,3)4/h5-7H,11H2,1-4H3. The molecule has 1 aromatic rings. The van der Waals surface area contributed by atoms with Crippen molar-refractivity contribution in [1.29, 1.82) is 0 Å². The van der Waals surface area contributed by atoms with E-state index in [1.807, 2.05) is 6.92 Å². The van der Waals surface area contributed by atoms with Crippen LogP contribution in [0.25, 0.3) is 0 Å². The van der Waals surface area contributed by atoms with Crippen LogP contribution < -0.4 is 5.73 Å². The molecule has 1 rings (SSSR count). The summed E-state index contributed by atoms with van der Waals surface area (Å²) in [5.74, 6) is 0. The number of hydrogen-bond donors (Lipinski definition) is 1. The first-order valence-corrected chi connectivity index (χ1v) is 4.49. The second-order valence-electron chi connectivity index (χ2n) is 4.37. The lowest BCUT2D eigenvalue weighted by Gasteiger charge is -2.17. The molecule has 0 saturated carbocycles. The van der Waals surface area contributed by atoms with Crippen molar-refractivity contribution in [3.8, 4) is 0 Å². The lowest BCUT2D eigenvalue weighted by molar-refractivity contribution is 0.562. The largest absolute Gasteiger partial charge is 0.323 e. The highest BCUT2D eigenvalue weighted by Crippen LogP contribution is 2.19. The molecule has 72 valence electrons. The van der Waals surface area contributed by atoms with Crippen LogP contribution in [0.3, 0.4) is 0 Å². The molecule has 0 amide bonds.